The molecule has 6 aromatic carbocycles. The van der Waals surface area contributed by atoms with Crippen molar-refractivity contribution in [3.05, 3.63) is 176 Å². The third kappa shape index (κ3) is 5.71. The molecular weight excluding hydrogens is 782 g/mol. The van der Waals surface area contributed by atoms with Gasteiger partial charge in [-0.1, -0.05) is 103 Å². The van der Waals surface area contributed by atoms with E-state index in [1.807, 2.05) is 48.7 Å². The quantitative estimate of drug-likeness (QED) is 0.157. The van der Waals surface area contributed by atoms with Crippen LogP contribution in [0.3, 0.4) is 0 Å². The maximum atomic E-state index is 6.06. The molecule has 49 heavy (non-hydrogen) atoms. The number of anilines is 3. The van der Waals surface area contributed by atoms with Crippen molar-refractivity contribution in [2.45, 2.75) is 0 Å². The van der Waals surface area contributed by atoms with Gasteiger partial charge in [0, 0.05) is 16.3 Å². The number of furan rings is 1. The van der Waals surface area contributed by atoms with Crippen molar-refractivity contribution in [2.75, 3.05) is 4.90 Å². The minimum atomic E-state index is 0. The van der Waals surface area contributed by atoms with Crippen LogP contribution < -0.4 is 4.90 Å². The number of benzene rings is 6. The fourth-order valence-corrected chi connectivity index (χ4v) is 6.39. The second-order valence-corrected chi connectivity index (χ2v) is 11.7. The fraction of sp³-hybridized carbons (Fsp3) is 0. The van der Waals surface area contributed by atoms with Gasteiger partial charge in [0.2, 0.25) is 0 Å². The molecule has 5 heteroatoms. The smallest absolute Gasteiger partial charge is 0.455 e. The van der Waals surface area contributed by atoms with Gasteiger partial charge in [0.15, 0.2) is 5.58 Å². The van der Waals surface area contributed by atoms with E-state index in [1.54, 1.807) is 0 Å². The predicted octanol–water partition coefficient (Wildman–Crippen LogP) is 11.6. The molecule has 9 rings (SSSR count). The monoisotopic (exact) mass is 808 g/mol. The molecule has 0 bridgehead atoms. The Bertz CT molecular complexity index is 2600. The molecule has 0 aliphatic rings. The van der Waals surface area contributed by atoms with Crippen LogP contribution in [0.25, 0.3) is 66.5 Å². The molecular formula is C44H27N3OPt. The van der Waals surface area contributed by atoms with Crippen molar-refractivity contribution in [3.63, 3.8) is 0 Å². The molecule has 0 unspecified atom stereocenters. The summed E-state index contributed by atoms with van der Waals surface area (Å²) in [4.78, 5) is 12.0. The molecule has 3 heterocycles. The van der Waals surface area contributed by atoms with Gasteiger partial charge in [-0.3, -0.25) is 4.98 Å². The van der Waals surface area contributed by atoms with Gasteiger partial charge in [0.05, 0.1) is 17.4 Å². The van der Waals surface area contributed by atoms with E-state index < -0.39 is 0 Å². The van der Waals surface area contributed by atoms with Crippen LogP contribution in [0, 0.1) is 12.1 Å². The Morgan fingerprint density at radius 3 is 2.06 bits per heavy atom. The van der Waals surface area contributed by atoms with Crippen molar-refractivity contribution in [1.82, 2.24) is 9.97 Å². The number of para-hydroxylation sites is 3. The van der Waals surface area contributed by atoms with E-state index in [0.29, 0.717) is 0 Å². The van der Waals surface area contributed by atoms with E-state index in [2.05, 4.69) is 132 Å². The zero-order valence-corrected chi connectivity index (χ0v) is 28.4. The van der Waals surface area contributed by atoms with Crippen LogP contribution in [0.15, 0.2) is 168 Å². The molecule has 0 radical (unpaired) electrons. The molecule has 234 valence electrons. The normalized spacial score (nSPS) is 11.1. The van der Waals surface area contributed by atoms with Gasteiger partial charge < -0.3 is 14.3 Å². The van der Waals surface area contributed by atoms with Gasteiger partial charge in [0.25, 0.3) is 0 Å². The molecule has 4 nitrogen and oxygen atoms in total. The van der Waals surface area contributed by atoms with Crippen LogP contribution in [0.2, 0.25) is 0 Å². The molecule has 0 N–H and O–H groups in total. The van der Waals surface area contributed by atoms with Crippen molar-refractivity contribution in [2.24, 2.45) is 0 Å². The third-order valence-corrected chi connectivity index (χ3v) is 8.69. The molecule has 0 saturated heterocycles. The fourth-order valence-electron chi connectivity index (χ4n) is 6.39. The molecule has 3 aromatic heterocycles. The summed E-state index contributed by atoms with van der Waals surface area (Å²) < 4.78 is 6.06. The number of rotatable bonds is 6. The van der Waals surface area contributed by atoms with Crippen LogP contribution in [0.5, 0.6) is 0 Å². The van der Waals surface area contributed by atoms with Crippen molar-refractivity contribution in [1.29, 1.82) is 0 Å². The molecule has 0 spiro atoms. The maximum absolute atomic E-state index is 6.06. The number of aromatic nitrogens is 2. The predicted molar refractivity (Wildman–Crippen MR) is 195 cm³/mol. The molecule has 0 aliphatic carbocycles. The number of pyridine rings is 2. The van der Waals surface area contributed by atoms with Crippen LogP contribution in [-0.4, -0.2) is 9.97 Å². The molecule has 0 fully saturated rings. The zero-order chi connectivity index (χ0) is 31.9. The summed E-state index contributed by atoms with van der Waals surface area (Å²) in [5.41, 5.74) is 11.1. The van der Waals surface area contributed by atoms with Crippen LogP contribution in [0.4, 0.5) is 17.1 Å². The molecule has 0 atom stereocenters. The van der Waals surface area contributed by atoms with Crippen molar-refractivity contribution >= 4 is 49.9 Å². The summed E-state index contributed by atoms with van der Waals surface area (Å²) in [5, 5.41) is 3.21. The minimum Gasteiger partial charge on any atom is -0.455 e. The number of nitrogens with zero attached hydrogens (tertiary/aromatic N) is 3. The number of hydrogen-bond acceptors (Lipinski definition) is 4. The van der Waals surface area contributed by atoms with Crippen molar-refractivity contribution < 1.29 is 25.5 Å². The summed E-state index contributed by atoms with van der Waals surface area (Å²) in [7, 11) is 0. The molecule has 0 aliphatic heterocycles. The van der Waals surface area contributed by atoms with Gasteiger partial charge in [-0.05, 0) is 51.9 Å². The Labute approximate surface area is 298 Å². The third-order valence-electron chi connectivity index (χ3n) is 8.69. The Morgan fingerprint density at radius 1 is 0.531 bits per heavy atom. The summed E-state index contributed by atoms with van der Waals surface area (Å²) in [6.07, 6.45) is 1.81. The average molecular weight is 809 g/mol. The van der Waals surface area contributed by atoms with Gasteiger partial charge in [-0.15, -0.1) is 59.7 Å². The van der Waals surface area contributed by atoms with Crippen LogP contribution in [-0.2, 0) is 21.1 Å². The number of fused-ring (bicyclic) bond motifs is 4. The maximum Gasteiger partial charge on any atom is 2.00 e. The molecule has 0 saturated carbocycles. The van der Waals surface area contributed by atoms with Gasteiger partial charge in [-0.2, -0.15) is 0 Å². The Morgan fingerprint density at radius 2 is 1.22 bits per heavy atom. The summed E-state index contributed by atoms with van der Waals surface area (Å²) in [6, 6.07) is 61.4. The second-order valence-electron chi connectivity index (χ2n) is 11.7. The first-order valence-corrected chi connectivity index (χ1v) is 15.9. The van der Waals surface area contributed by atoms with Crippen LogP contribution >= 0.6 is 0 Å². The minimum absolute atomic E-state index is 0. The Hall–Kier alpha value is -5.83. The van der Waals surface area contributed by atoms with Crippen molar-refractivity contribution in [3.8, 4) is 33.6 Å². The van der Waals surface area contributed by atoms with Gasteiger partial charge >= 0.3 is 21.1 Å². The van der Waals surface area contributed by atoms with E-state index in [1.165, 1.54) is 0 Å². The summed E-state index contributed by atoms with van der Waals surface area (Å²) >= 11 is 0. The molecule has 0 amide bonds. The summed E-state index contributed by atoms with van der Waals surface area (Å²) in [5.74, 6) is 0. The first-order valence-electron chi connectivity index (χ1n) is 15.9. The SMILES string of the molecule is [Pt+2].[c-]1c(-c2cc3c(cn2)oc2ccccc23)cccc1N(c1[c-]c(-c2ccc3ccccc3n2)ccc1)c1ccccc1-c1ccccc1. The van der Waals surface area contributed by atoms with Gasteiger partial charge in [0.1, 0.15) is 5.58 Å². The second kappa shape index (κ2) is 13.0. The van der Waals surface area contributed by atoms with E-state index in [0.717, 1.165) is 83.5 Å². The molecule has 9 aromatic rings. The van der Waals surface area contributed by atoms with Crippen LogP contribution in [0.1, 0.15) is 0 Å². The van der Waals surface area contributed by atoms with E-state index in [9.17, 15) is 0 Å². The van der Waals surface area contributed by atoms with E-state index >= 15 is 0 Å². The first kappa shape index (κ1) is 30.5. The zero-order valence-electron chi connectivity index (χ0n) is 26.2. The van der Waals surface area contributed by atoms with Gasteiger partial charge in [-0.25, -0.2) is 0 Å². The Kier molecular flexibility index (Phi) is 8.09. The summed E-state index contributed by atoms with van der Waals surface area (Å²) in [6.45, 7) is 0. The Balaban J connectivity index is 0.00000348. The first-order chi connectivity index (χ1) is 23.8. The van der Waals surface area contributed by atoms with E-state index in [-0.39, 0.29) is 21.1 Å². The largest absolute Gasteiger partial charge is 2.00 e. The average Bonchev–Trinajstić information content (AvgIpc) is 3.54. The standard InChI is InChI=1S/C44H27N3O.Pt/c1-2-12-30(13-3-1)36-19-5-8-22-42(36)47(34-17-10-15-32(26-34)40-25-24-31-14-4-7-21-39(31)46-40)35-18-11-16-33(27-35)41-28-38-37-20-6-9-23-43(37)48-44(38)29-45-41;/h1-25,28-29H;/q-2;+2. The number of hydrogen-bond donors (Lipinski definition) is 0. The topological polar surface area (TPSA) is 42.2 Å². The van der Waals surface area contributed by atoms with E-state index in [4.69, 9.17) is 14.4 Å².